The fourth-order valence-corrected chi connectivity index (χ4v) is 2.98. The van der Waals surface area contributed by atoms with E-state index in [1.807, 2.05) is 12.1 Å². The second-order valence-electron chi connectivity index (χ2n) is 7.17. The number of benzene rings is 2. The van der Waals surface area contributed by atoms with Crippen LogP contribution in [-0.2, 0) is 4.74 Å². The molecule has 0 aliphatic rings. The first-order valence-electron chi connectivity index (χ1n) is 11.1. The van der Waals surface area contributed by atoms with Crippen molar-refractivity contribution >= 4 is 0 Å². The predicted octanol–water partition coefficient (Wildman–Crippen LogP) is 8.30. The molecule has 2 rings (SSSR count). The fourth-order valence-electron chi connectivity index (χ4n) is 2.98. The summed E-state index contributed by atoms with van der Waals surface area (Å²) in [5, 5.41) is 0. The van der Waals surface area contributed by atoms with E-state index >= 15 is 0 Å². The summed E-state index contributed by atoms with van der Waals surface area (Å²) in [6.07, 6.45) is 13.4. The van der Waals surface area contributed by atoms with E-state index in [1.54, 1.807) is 0 Å². The van der Waals surface area contributed by atoms with E-state index in [9.17, 15) is 0 Å². The van der Waals surface area contributed by atoms with E-state index in [-0.39, 0.29) is 0 Å². The number of rotatable bonds is 13. The molecule has 150 valence electrons. The van der Waals surface area contributed by atoms with Crippen LogP contribution in [0.15, 0.2) is 60.7 Å². The lowest BCUT2D eigenvalue weighted by molar-refractivity contribution is 0.125. The summed E-state index contributed by atoms with van der Waals surface area (Å²) in [6, 6.07) is 20.8. The van der Waals surface area contributed by atoms with Gasteiger partial charge in [-0.25, -0.2) is 0 Å². The Morgan fingerprint density at radius 2 is 0.852 bits per heavy atom. The molecule has 2 aromatic carbocycles. The number of ether oxygens (including phenoxy) is 1. The van der Waals surface area contributed by atoms with Crippen LogP contribution in [0.25, 0.3) is 11.1 Å². The first kappa shape index (κ1) is 23.4. The fraction of sp³-hybridized carbons (Fsp3) is 0.538. The highest BCUT2D eigenvalue weighted by molar-refractivity contribution is 5.62. The minimum absolute atomic E-state index is 0.984. The lowest BCUT2D eigenvalue weighted by Crippen LogP contribution is -1.97. The van der Waals surface area contributed by atoms with Gasteiger partial charge in [0.2, 0.25) is 0 Å². The smallest absolute Gasteiger partial charge is 0.0466 e. The van der Waals surface area contributed by atoms with Crippen molar-refractivity contribution in [3.8, 4) is 11.1 Å². The molecule has 0 N–H and O–H groups in total. The molecule has 27 heavy (non-hydrogen) atoms. The van der Waals surface area contributed by atoms with Crippen LogP contribution in [0.3, 0.4) is 0 Å². The van der Waals surface area contributed by atoms with Crippen molar-refractivity contribution in [1.29, 1.82) is 0 Å². The van der Waals surface area contributed by atoms with Crippen molar-refractivity contribution in [2.45, 2.75) is 78.1 Å². The maximum Gasteiger partial charge on any atom is 0.0466 e. The average Bonchev–Trinajstić information content (AvgIpc) is 2.74. The maximum absolute atomic E-state index is 5.59. The molecule has 2 aromatic rings. The normalized spacial score (nSPS) is 10.3. The molecule has 0 bridgehead atoms. The topological polar surface area (TPSA) is 9.23 Å². The van der Waals surface area contributed by atoms with Gasteiger partial charge >= 0.3 is 0 Å². The minimum Gasteiger partial charge on any atom is -0.381 e. The van der Waals surface area contributed by atoms with E-state index < -0.39 is 0 Å². The van der Waals surface area contributed by atoms with Crippen LogP contribution in [0.1, 0.15) is 78.1 Å². The van der Waals surface area contributed by atoms with Gasteiger partial charge in [-0.1, -0.05) is 126 Å². The van der Waals surface area contributed by atoms with Crippen LogP contribution in [0.2, 0.25) is 0 Å². The monoisotopic (exact) mass is 368 g/mol. The lowest BCUT2D eigenvalue weighted by Gasteiger charge is -2.03. The number of unbranched alkanes of at least 4 members (excludes halogenated alkanes) is 8. The van der Waals surface area contributed by atoms with E-state index in [0.29, 0.717) is 0 Å². The van der Waals surface area contributed by atoms with E-state index in [4.69, 9.17) is 4.74 Å². The van der Waals surface area contributed by atoms with Gasteiger partial charge in [0.25, 0.3) is 0 Å². The summed E-state index contributed by atoms with van der Waals surface area (Å²) in [4.78, 5) is 0. The molecular weight excluding hydrogens is 328 g/mol. The third-order valence-corrected chi connectivity index (χ3v) is 4.67. The van der Waals surface area contributed by atoms with E-state index in [0.717, 1.165) is 13.2 Å². The Kier molecular flexibility index (Phi) is 15.4. The second kappa shape index (κ2) is 17.8. The van der Waals surface area contributed by atoms with Gasteiger partial charge in [0.05, 0.1) is 0 Å². The number of hydrogen-bond donors (Lipinski definition) is 0. The van der Waals surface area contributed by atoms with E-state index in [1.165, 1.54) is 75.3 Å². The Balaban J connectivity index is 0.000000274. The lowest BCUT2D eigenvalue weighted by atomic mass is 10.1. The molecule has 0 atom stereocenters. The molecule has 0 aliphatic carbocycles. The third kappa shape index (κ3) is 13.2. The SMILES string of the molecule is CCCCCCCOCCCCCCC.c1ccc(-c2ccccc2)cc1. The van der Waals surface area contributed by atoms with Gasteiger partial charge in [0, 0.05) is 13.2 Å². The highest BCUT2D eigenvalue weighted by Gasteiger charge is 1.92. The highest BCUT2D eigenvalue weighted by atomic mass is 16.5. The molecule has 0 amide bonds. The Morgan fingerprint density at radius 3 is 1.22 bits per heavy atom. The molecule has 0 aliphatic heterocycles. The van der Waals surface area contributed by atoms with Crippen molar-refractivity contribution in [2.24, 2.45) is 0 Å². The van der Waals surface area contributed by atoms with Crippen molar-refractivity contribution in [3.05, 3.63) is 60.7 Å². The van der Waals surface area contributed by atoms with Gasteiger partial charge in [-0.15, -0.1) is 0 Å². The summed E-state index contributed by atoms with van der Waals surface area (Å²) in [7, 11) is 0. The maximum atomic E-state index is 5.59. The van der Waals surface area contributed by atoms with Gasteiger partial charge < -0.3 is 4.74 Å². The van der Waals surface area contributed by atoms with Crippen LogP contribution in [0, 0.1) is 0 Å². The van der Waals surface area contributed by atoms with Crippen molar-refractivity contribution in [3.63, 3.8) is 0 Å². The highest BCUT2D eigenvalue weighted by Crippen LogP contribution is 2.17. The molecule has 0 heterocycles. The molecule has 1 nitrogen and oxygen atoms in total. The molecule has 0 unspecified atom stereocenters. The second-order valence-corrected chi connectivity index (χ2v) is 7.17. The summed E-state index contributed by atoms with van der Waals surface area (Å²) in [5.74, 6) is 0. The zero-order valence-corrected chi connectivity index (χ0v) is 17.7. The largest absolute Gasteiger partial charge is 0.381 e. The first-order valence-corrected chi connectivity index (χ1v) is 11.1. The Morgan fingerprint density at radius 1 is 0.481 bits per heavy atom. The average molecular weight is 369 g/mol. The van der Waals surface area contributed by atoms with Gasteiger partial charge in [-0.05, 0) is 24.0 Å². The van der Waals surface area contributed by atoms with Crippen molar-refractivity contribution < 1.29 is 4.74 Å². The van der Waals surface area contributed by atoms with Crippen LogP contribution in [0.4, 0.5) is 0 Å². The van der Waals surface area contributed by atoms with Crippen molar-refractivity contribution in [1.82, 2.24) is 0 Å². The third-order valence-electron chi connectivity index (χ3n) is 4.67. The van der Waals surface area contributed by atoms with Crippen molar-refractivity contribution in [2.75, 3.05) is 13.2 Å². The molecule has 0 fully saturated rings. The summed E-state index contributed by atoms with van der Waals surface area (Å²) < 4.78 is 5.59. The Hall–Kier alpha value is -1.60. The predicted molar refractivity (Wildman–Crippen MR) is 120 cm³/mol. The summed E-state index contributed by atoms with van der Waals surface area (Å²) >= 11 is 0. The van der Waals surface area contributed by atoms with Crippen LogP contribution >= 0.6 is 0 Å². The van der Waals surface area contributed by atoms with Gasteiger partial charge in [0.1, 0.15) is 0 Å². The van der Waals surface area contributed by atoms with Crippen LogP contribution in [-0.4, -0.2) is 13.2 Å². The Labute approximate surface area is 168 Å². The zero-order valence-electron chi connectivity index (χ0n) is 17.7. The first-order chi connectivity index (χ1) is 13.4. The van der Waals surface area contributed by atoms with E-state index in [2.05, 4.69) is 62.4 Å². The summed E-state index contributed by atoms with van der Waals surface area (Å²) in [5.41, 5.74) is 2.55. The zero-order chi connectivity index (χ0) is 19.4. The number of hydrogen-bond acceptors (Lipinski definition) is 1. The molecule has 0 aromatic heterocycles. The van der Waals surface area contributed by atoms with Gasteiger partial charge in [-0.2, -0.15) is 0 Å². The molecule has 0 spiro atoms. The minimum atomic E-state index is 0.984. The van der Waals surface area contributed by atoms with Gasteiger partial charge in [-0.3, -0.25) is 0 Å². The summed E-state index contributed by atoms with van der Waals surface area (Å²) in [6.45, 7) is 6.48. The molecule has 1 heteroatoms. The Bertz CT molecular complexity index is 471. The molecule has 0 saturated carbocycles. The van der Waals surface area contributed by atoms with Crippen LogP contribution < -0.4 is 0 Å². The molecule has 0 saturated heterocycles. The standard InChI is InChI=1S/C14H30O.C12H10/c1-3-5-7-9-11-13-15-14-12-10-8-6-4-2;1-3-7-11(8-4-1)12-9-5-2-6-10-12/h3-14H2,1-2H3;1-10H. The molecule has 0 radical (unpaired) electrons. The quantitative estimate of drug-likeness (QED) is 0.323. The molecular formula is C26H40O. The van der Waals surface area contributed by atoms with Crippen LogP contribution in [0.5, 0.6) is 0 Å². The van der Waals surface area contributed by atoms with Gasteiger partial charge in [0.15, 0.2) is 0 Å².